The number of sulfonamides is 1. The lowest BCUT2D eigenvalue weighted by Gasteiger charge is -2.18. The molecule has 0 aliphatic heterocycles. The second kappa shape index (κ2) is 9.50. The monoisotopic (exact) mass is 421 g/mol. The van der Waals surface area contributed by atoms with Gasteiger partial charge in [0.1, 0.15) is 5.75 Å². The first-order valence-corrected chi connectivity index (χ1v) is 9.95. The number of benzene rings is 2. The molecule has 10 heteroatoms. The Labute approximate surface area is 169 Å². The van der Waals surface area contributed by atoms with E-state index in [1.54, 1.807) is 24.3 Å². The van der Waals surface area contributed by atoms with Crippen LogP contribution >= 0.6 is 0 Å². The van der Waals surface area contributed by atoms with Crippen LogP contribution in [0.3, 0.4) is 0 Å². The molecular weight excluding hydrogens is 398 g/mol. The molecule has 2 aromatic rings. The summed E-state index contributed by atoms with van der Waals surface area (Å²) in [5.74, 6) is -0.203. The number of ether oxygens (including phenoxy) is 1. The highest BCUT2D eigenvalue weighted by Gasteiger charge is 2.22. The zero-order valence-corrected chi connectivity index (χ0v) is 17.4. The van der Waals surface area contributed by atoms with Crippen LogP contribution in [-0.2, 0) is 19.7 Å². The molecule has 0 bridgehead atoms. The van der Waals surface area contributed by atoms with Crippen LogP contribution in [0.4, 0.5) is 5.69 Å². The van der Waals surface area contributed by atoms with Crippen molar-refractivity contribution in [2.24, 2.45) is 0 Å². The van der Waals surface area contributed by atoms with E-state index in [-0.39, 0.29) is 22.9 Å². The number of hydroxylamine groups is 1. The molecule has 1 N–H and O–H groups in total. The van der Waals surface area contributed by atoms with Crippen LogP contribution in [0.25, 0.3) is 0 Å². The van der Waals surface area contributed by atoms with Crippen molar-refractivity contribution in [1.29, 1.82) is 0 Å². The standard InChI is InChI=1S/C19H23N3O6S/c1-21(13-18(23)20-15-6-5-7-16(12-15)27-3)19(24)14-8-10-17(11-9-14)29(25,26)22(2)28-4/h5-12H,13H2,1-4H3,(H,20,23). The Morgan fingerprint density at radius 2 is 1.69 bits per heavy atom. The van der Waals surface area contributed by atoms with Gasteiger partial charge in [0.2, 0.25) is 5.91 Å². The minimum atomic E-state index is -3.80. The van der Waals surface area contributed by atoms with Crippen LogP contribution in [-0.4, -0.2) is 64.5 Å². The van der Waals surface area contributed by atoms with Crippen molar-refractivity contribution in [3.63, 3.8) is 0 Å². The molecule has 2 amide bonds. The SMILES string of the molecule is COc1cccc(NC(=O)CN(C)C(=O)c2ccc(S(=O)(=O)N(C)OC)cc2)c1. The summed E-state index contributed by atoms with van der Waals surface area (Å²) in [4.78, 5) is 30.7. The predicted molar refractivity (Wildman–Crippen MR) is 107 cm³/mol. The summed E-state index contributed by atoms with van der Waals surface area (Å²) >= 11 is 0. The fourth-order valence-electron chi connectivity index (χ4n) is 2.42. The van der Waals surface area contributed by atoms with E-state index in [0.29, 0.717) is 11.4 Å². The molecule has 0 atom stereocenters. The zero-order valence-electron chi connectivity index (χ0n) is 16.6. The Morgan fingerprint density at radius 1 is 1.03 bits per heavy atom. The minimum absolute atomic E-state index is 0.0168. The van der Waals surface area contributed by atoms with Crippen molar-refractivity contribution < 1.29 is 27.6 Å². The molecule has 9 nitrogen and oxygen atoms in total. The first kappa shape index (κ1) is 22.3. The number of rotatable bonds is 8. The van der Waals surface area contributed by atoms with E-state index in [1.165, 1.54) is 57.5 Å². The summed E-state index contributed by atoms with van der Waals surface area (Å²) < 4.78 is 30.2. The van der Waals surface area contributed by atoms with Gasteiger partial charge in [0.25, 0.3) is 15.9 Å². The normalized spacial score (nSPS) is 11.2. The van der Waals surface area contributed by atoms with Gasteiger partial charge in [0.05, 0.1) is 25.7 Å². The molecule has 156 valence electrons. The largest absolute Gasteiger partial charge is 0.497 e. The van der Waals surface area contributed by atoms with Crippen molar-refractivity contribution in [1.82, 2.24) is 9.37 Å². The molecule has 0 saturated heterocycles. The summed E-state index contributed by atoms with van der Waals surface area (Å²) in [6.45, 7) is -0.178. The van der Waals surface area contributed by atoms with E-state index < -0.39 is 15.9 Å². The van der Waals surface area contributed by atoms with Gasteiger partial charge >= 0.3 is 0 Å². The first-order valence-electron chi connectivity index (χ1n) is 8.51. The van der Waals surface area contributed by atoms with Gasteiger partial charge in [-0.3, -0.25) is 14.4 Å². The number of hydrogen-bond acceptors (Lipinski definition) is 6. The van der Waals surface area contributed by atoms with Crippen molar-refractivity contribution in [2.45, 2.75) is 4.90 Å². The lowest BCUT2D eigenvalue weighted by molar-refractivity contribution is -0.116. The highest BCUT2D eigenvalue weighted by Crippen LogP contribution is 2.17. The molecule has 29 heavy (non-hydrogen) atoms. The number of methoxy groups -OCH3 is 1. The maximum Gasteiger partial charge on any atom is 0.264 e. The predicted octanol–water partition coefficient (Wildman–Crippen LogP) is 1.59. The zero-order chi connectivity index (χ0) is 21.6. The van der Waals surface area contributed by atoms with Crippen molar-refractivity contribution in [3.8, 4) is 5.75 Å². The lowest BCUT2D eigenvalue weighted by Crippen LogP contribution is -2.35. The Morgan fingerprint density at radius 3 is 2.28 bits per heavy atom. The van der Waals surface area contributed by atoms with E-state index in [1.807, 2.05) is 0 Å². The molecule has 0 heterocycles. The molecule has 2 aromatic carbocycles. The van der Waals surface area contributed by atoms with Gasteiger partial charge in [0, 0.05) is 31.4 Å². The van der Waals surface area contributed by atoms with E-state index in [4.69, 9.17) is 9.57 Å². The second-order valence-electron chi connectivity index (χ2n) is 6.06. The van der Waals surface area contributed by atoms with E-state index in [0.717, 1.165) is 4.47 Å². The number of amides is 2. The van der Waals surface area contributed by atoms with E-state index in [2.05, 4.69) is 5.32 Å². The van der Waals surface area contributed by atoms with Crippen molar-refractivity contribution in [3.05, 3.63) is 54.1 Å². The molecule has 0 fully saturated rings. The maximum absolute atomic E-state index is 12.5. The van der Waals surface area contributed by atoms with Crippen LogP contribution in [0.15, 0.2) is 53.4 Å². The van der Waals surface area contributed by atoms with Gasteiger partial charge in [-0.15, -0.1) is 0 Å². The second-order valence-corrected chi connectivity index (χ2v) is 8.00. The van der Waals surface area contributed by atoms with Gasteiger partial charge in [-0.1, -0.05) is 10.5 Å². The van der Waals surface area contributed by atoms with Crippen LogP contribution in [0.5, 0.6) is 5.75 Å². The molecule has 0 radical (unpaired) electrons. The molecule has 0 saturated carbocycles. The summed E-state index contributed by atoms with van der Waals surface area (Å²) in [5, 5.41) is 2.69. The van der Waals surface area contributed by atoms with Crippen LogP contribution in [0, 0.1) is 0 Å². The topological polar surface area (TPSA) is 105 Å². The third kappa shape index (κ3) is 5.53. The van der Waals surface area contributed by atoms with Crippen LogP contribution in [0.1, 0.15) is 10.4 Å². The summed E-state index contributed by atoms with van der Waals surface area (Å²) in [5.41, 5.74) is 0.799. The number of likely N-dealkylation sites (N-methyl/N-ethyl adjacent to an activating group) is 1. The molecule has 0 unspecified atom stereocenters. The molecule has 0 aliphatic rings. The fraction of sp³-hybridized carbons (Fsp3) is 0.263. The number of carbonyl (C=O) groups excluding carboxylic acids is 2. The Bertz CT molecular complexity index is 976. The third-order valence-corrected chi connectivity index (χ3v) is 5.77. The van der Waals surface area contributed by atoms with Crippen LogP contribution < -0.4 is 10.1 Å². The number of nitrogens with one attached hydrogen (secondary N) is 1. The quantitative estimate of drug-likeness (QED) is 0.649. The number of anilines is 1. The average Bonchev–Trinajstić information content (AvgIpc) is 2.72. The maximum atomic E-state index is 12.5. The lowest BCUT2D eigenvalue weighted by atomic mass is 10.2. The summed E-state index contributed by atoms with van der Waals surface area (Å²) in [7, 11) is 1.71. The molecule has 0 aromatic heterocycles. The molecule has 0 aliphatic carbocycles. The van der Waals surface area contributed by atoms with E-state index >= 15 is 0 Å². The van der Waals surface area contributed by atoms with Gasteiger partial charge in [0.15, 0.2) is 0 Å². The number of carbonyl (C=O) groups is 2. The number of hydrogen-bond donors (Lipinski definition) is 1. The highest BCUT2D eigenvalue weighted by molar-refractivity contribution is 7.89. The summed E-state index contributed by atoms with van der Waals surface area (Å²) in [6.07, 6.45) is 0. The average molecular weight is 421 g/mol. The van der Waals surface area contributed by atoms with E-state index in [9.17, 15) is 18.0 Å². The number of nitrogens with zero attached hydrogens (tertiary/aromatic N) is 2. The Hall–Kier alpha value is -2.95. The highest BCUT2D eigenvalue weighted by atomic mass is 32.2. The minimum Gasteiger partial charge on any atom is -0.497 e. The van der Waals surface area contributed by atoms with Crippen molar-refractivity contribution in [2.75, 3.05) is 40.2 Å². The Balaban J connectivity index is 2.03. The van der Waals surface area contributed by atoms with Gasteiger partial charge in [-0.2, -0.15) is 0 Å². The van der Waals surface area contributed by atoms with Gasteiger partial charge in [-0.25, -0.2) is 8.42 Å². The van der Waals surface area contributed by atoms with Gasteiger partial charge in [-0.05, 0) is 36.4 Å². The third-order valence-electron chi connectivity index (χ3n) is 4.08. The fourth-order valence-corrected chi connectivity index (χ4v) is 3.40. The van der Waals surface area contributed by atoms with Crippen LogP contribution in [0.2, 0.25) is 0 Å². The summed E-state index contributed by atoms with van der Waals surface area (Å²) in [6, 6.07) is 12.2. The molecule has 2 rings (SSSR count). The van der Waals surface area contributed by atoms with Crippen molar-refractivity contribution >= 4 is 27.5 Å². The smallest absolute Gasteiger partial charge is 0.264 e. The molecular formula is C19H23N3O6S. The molecule has 0 spiro atoms. The van der Waals surface area contributed by atoms with Gasteiger partial charge < -0.3 is 15.0 Å². The first-order chi connectivity index (χ1) is 13.7. The Kier molecular flexibility index (Phi) is 7.32.